The molecule has 22 heavy (non-hydrogen) atoms. The standard InChI is InChI=1S/C18H22BNO2/c1-15(2)16(3,4)22-19(21-15)18-10-17(11-18,12-18)14-7-5-13(9-20)6-8-14/h5-8H,10-12H2,1-4H3. The predicted octanol–water partition coefficient (Wildman–Crippen LogP) is 3.83. The van der Waals surface area contributed by atoms with Gasteiger partial charge in [-0.2, -0.15) is 5.26 Å². The van der Waals surface area contributed by atoms with E-state index in [9.17, 15) is 0 Å². The van der Waals surface area contributed by atoms with E-state index in [2.05, 4.69) is 45.9 Å². The number of rotatable bonds is 2. The van der Waals surface area contributed by atoms with Gasteiger partial charge in [0.25, 0.3) is 0 Å². The maximum Gasteiger partial charge on any atom is 0.464 e. The van der Waals surface area contributed by atoms with Crippen molar-refractivity contribution in [3.05, 3.63) is 35.4 Å². The molecule has 5 rings (SSSR count). The van der Waals surface area contributed by atoms with Gasteiger partial charge in [0.1, 0.15) is 0 Å². The molecular formula is C18H22BNO2. The van der Waals surface area contributed by atoms with Crippen molar-refractivity contribution in [1.29, 1.82) is 5.26 Å². The molecule has 1 aromatic rings. The van der Waals surface area contributed by atoms with Crippen LogP contribution in [0.2, 0.25) is 5.31 Å². The van der Waals surface area contributed by atoms with Crippen molar-refractivity contribution < 1.29 is 9.31 Å². The molecule has 4 aliphatic rings. The van der Waals surface area contributed by atoms with E-state index < -0.39 is 0 Å². The molecule has 4 heteroatoms. The Bertz CT molecular complexity index is 636. The van der Waals surface area contributed by atoms with E-state index in [-0.39, 0.29) is 23.6 Å². The maximum atomic E-state index is 8.91. The topological polar surface area (TPSA) is 42.2 Å². The van der Waals surface area contributed by atoms with Crippen LogP contribution >= 0.6 is 0 Å². The first-order valence-corrected chi connectivity index (χ1v) is 8.08. The first-order valence-electron chi connectivity index (χ1n) is 8.08. The third-order valence-corrected chi connectivity index (χ3v) is 6.45. The summed E-state index contributed by atoms with van der Waals surface area (Å²) in [5.74, 6) is 0. The van der Waals surface area contributed by atoms with Crippen LogP contribution in [0.4, 0.5) is 0 Å². The normalized spacial score (nSPS) is 37.1. The molecule has 1 aliphatic heterocycles. The molecule has 0 N–H and O–H groups in total. The average Bonchev–Trinajstić information content (AvgIpc) is 2.56. The number of nitrogens with zero attached hydrogens (tertiary/aromatic N) is 1. The summed E-state index contributed by atoms with van der Waals surface area (Å²) in [7, 11) is -0.0715. The maximum absolute atomic E-state index is 8.91. The van der Waals surface area contributed by atoms with Gasteiger partial charge in [0.15, 0.2) is 0 Å². The Morgan fingerprint density at radius 3 is 1.91 bits per heavy atom. The minimum atomic E-state index is -0.241. The van der Waals surface area contributed by atoms with E-state index in [4.69, 9.17) is 14.6 Å². The van der Waals surface area contributed by atoms with Crippen molar-refractivity contribution in [2.24, 2.45) is 0 Å². The fourth-order valence-electron chi connectivity index (χ4n) is 4.41. The molecule has 114 valence electrons. The molecule has 1 aromatic carbocycles. The highest BCUT2D eigenvalue weighted by atomic mass is 16.7. The van der Waals surface area contributed by atoms with E-state index >= 15 is 0 Å². The van der Waals surface area contributed by atoms with Crippen molar-refractivity contribution in [1.82, 2.24) is 0 Å². The van der Waals surface area contributed by atoms with Gasteiger partial charge in [0, 0.05) is 5.31 Å². The van der Waals surface area contributed by atoms with Gasteiger partial charge in [-0.1, -0.05) is 12.1 Å². The molecule has 0 aromatic heterocycles. The third kappa shape index (κ3) is 1.64. The summed E-state index contributed by atoms with van der Waals surface area (Å²) in [6.45, 7) is 8.48. The summed E-state index contributed by atoms with van der Waals surface area (Å²) in [6.07, 6.45) is 3.42. The second-order valence-electron chi connectivity index (χ2n) is 8.45. The Morgan fingerprint density at radius 1 is 0.955 bits per heavy atom. The molecule has 0 unspecified atom stereocenters. The van der Waals surface area contributed by atoms with Crippen LogP contribution in [0.25, 0.3) is 0 Å². The third-order valence-electron chi connectivity index (χ3n) is 6.45. The largest absolute Gasteiger partial charge is 0.464 e. The van der Waals surface area contributed by atoms with Crippen LogP contribution in [-0.2, 0) is 14.7 Å². The van der Waals surface area contributed by atoms with Gasteiger partial charge in [-0.25, -0.2) is 0 Å². The van der Waals surface area contributed by atoms with E-state index in [0.717, 1.165) is 24.8 Å². The Kier molecular flexibility index (Phi) is 2.57. The summed E-state index contributed by atoms with van der Waals surface area (Å²) in [4.78, 5) is 0. The SMILES string of the molecule is CC1(C)OB(C23CC(c4ccc(C#N)cc4)(C2)C3)OC1(C)C. The molecule has 0 atom stereocenters. The quantitative estimate of drug-likeness (QED) is 0.779. The van der Waals surface area contributed by atoms with Crippen molar-refractivity contribution >= 4 is 7.12 Å². The van der Waals surface area contributed by atoms with Gasteiger partial charge >= 0.3 is 7.12 Å². The lowest BCUT2D eigenvalue weighted by Gasteiger charge is -2.71. The molecule has 0 amide bonds. The average molecular weight is 295 g/mol. The first kappa shape index (κ1) is 14.3. The van der Waals surface area contributed by atoms with Crippen LogP contribution in [0.3, 0.4) is 0 Å². The minimum Gasteiger partial charge on any atom is -0.403 e. The highest BCUT2D eigenvalue weighted by Gasteiger charge is 2.76. The van der Waals surface area contributed by atoms with Crippen molar-refractivity contribution in [2.75, 3.05) is 0 Å². The summed E-state index contributed by atoms with van der Waals surface area (Å²) >= 11 is 0. The highest BCUT2D eigenvalue weighted by Crippen LogP contribution is 2.80. The fourth-order valence-corrected chi connectivity index (χ4v) is 4.41. The Labute approximate surface area is 132 Å². The van der Waals surface area contributed by atoms with Gasteiger partial charge in [0.05, 0.1) is 22.8 Å². The van der Waals surface area contributed by atoms with E-state index in [1.165, 1.54) is 5.56 Å². The Hall–Kier alpha value is -1.31. The molecular weight excluding hydrogens is 273 g/mol. The van der Waals surface area contributed by atoms with Crippen LogP contribution < -0.4 is 0 Å². The second-order valence-corrected chi connectivity index (χ2v) is 8.45. The molecule has 1 saturated heterocycles. The lowest BCUT2D eigenvalue weighted by molar-refractivity contribution is -0.0383. The first-order chi connectivity index (χ1) is 10.2. The van der Waals surface area contributed by atoms with E-state index in [0.29, 0.717) is 5.41 Å². The molecule has 3 nitrogen and oxygen atoms in total. The summed E-state index contributed by atoms with van der Waals surface area (Å²) in [5.41, 5.74) is 1.92. The van der Waals surface area contributed by atoms with Crippen LogP contribution in [-0.4, -0.2) is 18.3 Å². The van der Waals surface area contributed by atoms with Crippen LogP contribution in [0.5, 0.6) is 0 Å². The van der Waals surface area contributed by atoms with Gasteiger partial charge < -0.3 is 9.31 Å². The molecule has 2 bridgehead atoms. The molecule has 0 spiro atoms. The number of benzene rings is 1. The summed E-state index contributed by atoms with van der Waals surface area (Å²) in [6, 6.07) is 10.3. The molecule has 3 aliphatic carbocycles. The van der Waals surface area contributed by atoms with Gasteiger partial charge in [0.2, 0.25) is 0 Å². The monoisotopic (exact) mass is 295 g/mol. The lowest BCUT2D eigenvalue weighted by atomic mass is 9.23. The zero-order chi connectivity index (χ0) is 15.8. The zero-order valence-electron chi connectivity index (χ0n) is 13.8. The Morgan fingerprint density at radius 2 is 1.45 bits per heavy atom. The van der Waals surface area contributed by atoms with E-state index in [1.54, 1.807) is 0 Å². The molecule has 0 radical (unpaired) electrons. The summed E-state index contributed by atoms with van der Waals surface area (Å²) < 4.78 is 12.5. The van der Waals surface area contributed by atoms with Gasteiger partial charge in [-0.3, -0.25) is 0 Å². The highest BCUT2D eigenvalue weighted by molar-refractivity contribution is 6.51. The van der Waals surface area contributed by atoms with Crippen molar-refractivity contribution in [3.8, 4) is 6.07 Å². The predicted molar refractivity (Wildman–Crippen MR) is 85.5 cm³/mol. The Balaban J connectivity index is 1.49. The van der Waals surface area contributed by atoms with Crippen molar-refractivity contribution in [2.45, 2.75) is 68.9 Å². The lowest BCUT2D eigenvalue weighted by Crippen LogP contribution is -2.66. The van der Waals surface area contributed by atoms with Crippen LogP contribution in [0, 0.1) is 11.3 Å². The van der Waals surface area contributed by atoms with Crippen LogP contribution in [0.1, 0.15) is 58.1 Å². The fraction of sp³-hybridized carbons (Fsp3) is 0.611. The number of nitriles is 1. The van der Waals surface area contributed by atoms with Crippen LogP contribution in [0.15, 0.2) is 24.3 Å². The number of hydrogen-bond donors (Lipinski definition) is 0. The molecule has 3 saturated carbocycles. The smallest absolute Gasteiger partial charge is 0.403 e. The van der Waals surface area contributed by atoms with E-state index in [1.807, 2.05) is 12.1 Å². The van der Waals surface area contributed by atoms with Gasteiger partial charge in [-0.05, 0) is 70.1 Å². The summed E-state index contributed by atoms with van der Waals surface area (Å²) in [5, 5.41) is 9.12. The molecule has 1 heterocycles. The van der Waals surface area contributed by atoms with Crippen molar-refractivity contribution in [3.63, 3.8) is 0 Å². The zero-order valence-corrected chi connectivity index (χ0v) is 13.8. The molecule has 4 fully saturated rings. The second kappa shape index (κ2) is 3.96. The number of hydrogen-bond acceptors (Lipinski definition) is 3. The van der Waals surface area contributed by atoms with Gasteiger partial charge in [-0.15, -0.1) is 0 Å². The minimum absolute atomic E-state index is 0.0715.